The quantitative estimate of drug-likeness (QED) is 0.676. The number of benzene rings is 1. The minimum Gasteiger partial charge on any atom is -0.461 e. The van der Waals surface area contributed by atoms with E-state index in [0.29, 0.717) is 30.7 Å². The van der Waals surface area contributed by atoms with Crippen molar-refractivity contribution < 1.29 is 27.5 Å². The van der Waals surface area contributed by atoms with Crippen LogP contribution in [0.2, 0.25) is 0 Å². The topological polar surface area (TPSA) is 59.0 Å². The number of alkyl halides is 3. The molecule has 29 heavy (non-hydrogen) atoms. The fraction of sp³-hybridized carbons (Fsp3) is 0.571. The summed E-state index contributed by atoms with van der Waals surface area (Å²) in [7, 11) is 0. The number of halogens is 3. The molecule has 1 aromatic rings. The number of esters is 1. The molecule has 5 fully saturated rings. The van der Waals surface area contributed by atoms with E-state index in [0.717, 1.165) is 10.5 Å². The van der Waals surface area contributed by atoms with Gasteiger partial charge in [0.1, 0.15) is 6.10 Å². The number of ether oxygens (including phenoxy) is 1. The number of amides is 1. The highest BCUT2D eigenvalue weighted by Crippen LogP contribution is 2.69. The van der Waals surface area contributed by atoms with Crippen LogP contribution in [0, 0.1) is 17.3 Å². The number of para-hydroxylation sites is 1. The van der Waals surface area contributed by atoms with Gasteiger partial charge in [-0.2, -0.15) is 13.2 Å². The molecule has 5 bridgehead atoms. The van der Waals surface area contributed by atoms with Gasteiger partial charge in [0, 0.05) is 18.4 Å². The molecule has 152 valence electrons. The molecule has 2 saturated carbocycles. The number of carbonyl (C=O) groups is 2. The van der Waals surface area contributed by atoms with Crippen LogP contribution >= 0.6 is 0 Å². The number of carbonyl (C=O) groups excluding carboxylic acids is 2. The molecule has 0 radical (unpaired) electrons. The number of nitrogens with zero attached hydrogens (tertiary/aromatic N) is 2. The Labute approximate surface area is 164 Å². The Morgan fingerprint density at radius 1 is 1.34 bits per heavy atom. The van der Waals surface area contributed by atoms with Gasteiger partial charge in [0.25, 0.3) is 0 Å². The lowest BCUT2D eigenvalue weighted by atomic mass is 9.40. The molecule has 7 rings (SSSR count). The van der Waals surface area contributed by atoms with E-state index in [1.165, 1.54) is 0 Å². The molecular weight excluding hydrogens is 385 g/mol. The van der Waals surface area contributed by atoms with E-state index in [1.807, 2.05) is 31.2 Å². The third kappa shape index (κ3) is 1.78. The Morgan fingerprint density at radius 3 is 2.83 bits per heavy atom. The fourth-order valence-electron chi connectivity index (χ4n) is 7.13. The lowest BCUT2D eigenvalue weighted by Gasteiger charge is -2.69. The lowest BCUT2D eigenvalue weighted by Crippen LogP contribution is -2.79. The van der Waals surface area contributed by atoms with Crippen LogP contribution in [0.1, 0.15) is 31.7 Å². The molecule has 1 spiro atoms. The van der Waals surface area contributed by atoms with Crippen molar-refractivity contribution in [3.05, 3.63) is 29.8 Å². The monoisotopic (exact) mass is 404 g/mol. The van der Waals surface area contributed by atoms with Crippen LogP contribution in [0.15, 0.2) is 29.3 Å². The second-order valence-corrected chi connectivity index (χ2v) is 8.97. The number of hydrogen-bond donors (Lipinski definition) is 0. The summed E-state index contributed by atoms with van der Waals surface area (Å²) in [6.07, 6.45) is -4.04. The zero-order valence-corrected chi connectivity index (χ0v) is 15.7. The van der Waals surface area contributed by atoms with E-state index in [4.69, 9.17) is 9.73 Å². The van der Waals surface area contributed by atoms with Gasteiger partial charge in [0.2, 0.25) is 0 Å². The van der Waals surface area contributed by atoms with Gasteiger partial charge in [-0.25, -0.2) is 0 Å². The molecule has 2 aliphatic carbocycles. The van der Waals surface area contributed by atoms with Crippen LogP contribution in [-0.4, -0.2) is 47.4 Å². The summed E-state index contributed by atoms with van der Waals surface area (Å²) in [6, 6.07) is 6.72. The van der Waals surface area contributed by atoms with Crippen molar-refractivity contribution in [1.29, 1.82) is 0 Å². The van der Waals surface area contributed by atoms with Crippen molar-refractivity contribution in [2.45, 2.75) is 49.9 Å². The molecule has 6 unspecified atom stereocenters. The van der Waals surface area contributed by atoms with E-state index >= 15 is 0 Å². The summed E-state index contributed by atoms with van der Waals surface area (Å²) in [4.78, 5) is 31.1. The molecule has 6 aliphatic rings. The normalized spacial score (nSPS) is 41.0. The minimum atomic E-state index is -4.95. The van der Waals surface area contributed by atoms with Crippen molar-refractivity contribution in [2.24, 2.45) is 22.2 Å². The first-order valence-electron chi connectivity index (χ1n) is 10.0. The molecule has 0 aromatic heterocycles. The van der Waals surface area contributed by atoms with Crippen LogP contribution < -0.4 is 0 Å². The summed E-state index contributed by atoms with van der Waals surface area (Å²) >= 11 is 0. The predicted molar refractivity (Wildman–Crippen MR) is 95.6 cm³/mol. The van der Waals surface area contributed by atoms with Gasteiger partial charge in [-0.05, 0) is 30.4 Å². The van der Waals surface area contributed by atoms with E-state index in [-0.39, 0.29) is 18.4 Å². The van der Waals surface area contributed by atoms with Gasteiger partial charge in [0.15, 0.2) is 0 Å². The number of fused-ring (bicyclic) bond motifs is 4. The highest BCUT2D eigenvalue weighted by atomic mass is 19.4. The molecular formula is C21H19F3N2O3. The number of likely N-dealkylation sites (tertiary alicyclic amines) is 1. The molecule has 5 nitrogen and oxygen atoms in total. The standard InChI is InChI=1S/C21H19F3N2O3/c1-2-19-9-26(18(28)21(22,23)24)13-7-11(19)15-17(27)29-14(19)8-20(15)10-5-3-4-6-12(10)25-16(13)20/h3-6,11,13-15H,2,7-9H2,1H3. The van der Waals surface area contributed by atoms with E-state index < -0.39 is 41.0 Å². The Balaban J connectivity index is 1.61. The largest absolute Gasteiger partial charge is 0.471 e. The maximum Gasteiger partial charge on any atom is 0.471 e. The van der Waals surface area contributed by atoms with Gasteiger partial charge in [-0.15, -0.1) is 0 Å². The summed E-state index contributed by atoms with van der Waals surface area (Å²) in [6.45, 7) is 1.88. The molecule has 8 heteroatoms. The highest BCUT2D eigenvalue weighted by Gasteiger charge is 2.77. The van der Waals surface area contributed by atoms with Gasteiger partial charge >= 0.3 is 18.1 Å². The lowest BCUT2D eigenvalue weighted by molar-refractivity contribution is -0.241. The Bertz CT molecular complexity index is 1010. The Hall–Kier alpha value is -2.38. The zero-order valence-electron chi connectivity index (χ0n) is 15.7. The SMILES string of the molecule is CCC12CN(C(=O)C(F)(F)F)C3CC1C1C(=O)OC2CC12C3=Nc1ccccc12. The second kappa shape index (κ2) is 5.02. The van der Waals surface area contributed by atoms with Crippen LogP contribution in [0.5, 0.6) is 0 Å². The van der Waals surface area contributed by atoms with Crippen LogP contribution in [0.25, 0.3) is 0 Å². The smallest absolute Gasteiger partial charge is 0.461 e. The molecule has 0 N–H and O–H groups in total. The van der Waals surface area contributed by atoms with Crippen molar-refractivity contribution in [1.82, 2.24) is 4.90 Å². The van der Waals surface area contributed by atoms with Crippen LogP contribution in [-0.2, 0) is 19.7 Å². The summed E-state index contributed by atoms with van der Waals surface area (Å²) in [5.74, 6) is -2.65. The van der Waals surface area contributed by atoms with Crippen LogP contribution in [0.3, 0.4) is 0 Å². The van der Waals surface area contributed by atoms with Gasteiger partial charge in [0.05, 0.1) is 28.8 Å². The van der Waals surface area contributed by atoms with E-state index in [2.05, 4.69) is 0 Å². The van der Waals surface area contributed by atoms with Crippen molar-refractivity contribution in [3.63, 3.8) is 0 Å². The fourth-order valence-corrected chi connectivity index (χ4v) is 7.13. The average Bonchev–Trinajstić information content (AvgIpc) is 3.00. The molecule has 3 saturated heterocycles. The maximum atomic E-state index is 13.5. The van der Waals surface area contributed by atoms with E-state index in [1.54, 1.807) is 0 Å². The predicted octanol–water partition coefficient (Wildman–Crippen LogP) is 3.15. The number of rotatable bonds is 1. The van der Waals surface area contributed by atoms with Crippen molar-refractivity contribution in [2.75, 3.05) is 6.54 Å². The first-order chi connectivity index (χ1) is 13.7. The first kappa shape index (κ1) is 17.5. The summed E-state index contributed by atoms with van der Waals surface area (Å²) in [5.41, 5.74) is 0.736. The van der Waals surface area contributed by atoms with Gasteiger partial charge in [-0.1, -0.05) is 25.1 Å². The summed E-state index contributed by atoms with van der Waals surface area (Å²) in [5, 5.41) is 0. The third-order valence-corrected chi connectivity index (χ3v) is 8.21. The second-order valence-electron chi connectivity index (χ2n) is 8.97. The Morgan fingerprint density at radius 2 is 2.10 bits per heavy atom. The molecule has 4 heterocycles. The van der Waals surface area contributed by atoms with Crippen LogP contribution in [0.4, 0.5) is 18.9 Å². The van der Waals surface area contributed by atoms with E-state index in [9.17, 15) is 22.8 Å². The van der Waals surface area contributed by atoms with Crippen molar-refractivity contribution in [3.8, 4) is 0 Å². The molecule has 4 aliphatic heterocycles. The first-order valence-corrected chi connectivity index (χ1v) is 10.0. The highest BCUT2D eigenvalue weighted by molar-refractivity contribution is 6.11. The number of aliphatic imine (C=N–C) groups is 1. The maximum absolute atomic E-state index is 13.5. The zero-order chi connectivity index (χ0) is 20.3. The van der Waals surface area contributed by atoms with Gasteiger partial charge in [-0.3, -0.25) is 14.6 Å². The van der Waals surface area contributed by atoms with Gasteiger partial charge < -0.3 is 9.64 Å². The number of piperidine rings is 1. The third-order valence-electron chi connectivity index (χ3n) is 8.21. The molecule has 1 amide bonds. The average molecular weight is 404 g/mol. The summed E-state index contributed by atoms with van der Waals surface area (Å²) < 4.78 is 46.2. The Kier molecular flexibility index (Phi) is 3.03. The van der Waals surface area contributed by atoms with Crippen molar-refractivity contribution >= 4 is 23.3 Å². The molecule has 1 aromatic carbocycles. The molecule has 6 atom stereocenters. The number of hydrogen-bond acceptors (Lipinski definition) is 4. The minimum absolute atomic E-state index is 0.0446.